The standard InChI is InChI=1S/C20H31N3O3S/c1-27(25,26)23-13-9-19(10-14-23)20(24)21-15-17-5-7-18(8-6-17)16-22-11-3-2-4-12-22/h5-8,19H,2-4,9-16H2,1H3,(H,21,24). The molecule has 0 radical (unpaired) electrons. The van der Waals surface area contributed by atoms with Gasteiger partial charge in [-0.1, -0.05) is 30.7 Å². The van der Waals surface area contributed by atoms with Crippen molar-refractivity contribution in [2.24, 2.45) is 5.92 Å². The summed E-state index contributed by atoms with van der Waals surface area (Å²) in [7, 11) is -3.15. The predicted molar refractivity (Wildman–Crippen MR) is 107 cm³/mol. The monoisotopic (exact) mass is 393 g/mol. The number of sulfonamides is 1. The van der Waals surface area contributed by atoms with Crippen LogP contribution in [0.2, 0.25) is 0 Å². The molecule has 0 unspecified atom stereocenters. The molecule has 27 heavy (non-hydrogen) atoms. The molecule has 2 saturated heterocycles. The van der Waals surface area contributed by atoms with Crippen molar-refractivity contribution in [3.05, 3.63) is 35.4 Å². The number of benzene rings is 1. The second kappa shape index (κ2) is 9.17. The number of carbonyl (C=O) groups excluding carboxylic acids is 1. The first-order valence-corrected chi connectivity index (χ1v) is 11.8. The maximum Gasteiger partial charge on any atom is 0.223 e. The number of amides is 1. The molecule has 150 valence electrons. The van der Waals surface area contributed by atoms with Gasteiger partial charge in [0.1, 0.15) is 0 Å². The fraction of sp³-hybridized carbons (Fsp3) is 0.650. The van der Waals surface area contributed by atoms with Crippen LogP contribution in [0, 0.1) is 5.92 Å². The molecule has 1 aromatic rings. The summed E-state index contributed by atoms with van der Waals surface area (Å²) in [6.07, 6.45) is 6.35. The smallest absolute Gasteiger partial charge is 0.223 e. The van der Waals surface area contributed by atoms with Crippen LogP contribution in [0.3, 0.4) is 0 Å². The van der Waals surface area contributed by atoms with Gasteiger partial charge in [0.25, 0.3) is 0 Å². The molecule has 1 N–H and O–H groups in total. The van der Waals surface area contributed by atoms with Crippen molar-refractivity contribution in [3.8, 4) is 0 Å². The number of carbonyl (C=O) groups is 1. The normalized spacial score (nSPS) is 20.5. The average Bonchev–Trinajstić information content (AvgIpc) is 2.67. The van der Waals surface area contributed by atoms with E-state index in [0.717, 1.165) is 12.1 Å². The first-order valence-electron chi connectivity index (χ1n) is 9.95. The van der Waals surface area contributed by atoms with E-state index < -0.39 is 10.0 Å². The van der Waals surface area contributed by atoms with E-state index in [9.17, 15) is 13.2 Å². The quantitative estimate of drug-likeness (QED) is 0.802. The van der Waals surface area contributed by atoms with Crippen LogP contribution < -0.4 is 5.32 Å². The number of rotatable bonds is 6. The van der Waals surface area contributed by atoms with Crippen LogP contribution in [0.5, 0.6) is 0 Å². The summed E-state index contributed by atoms with van der Waals surface area (Å²) < 4.78 is 24.6. The van der Waals surface area contributed by atoms with Crippen LogP contribution in [0.25, 0.3) is 0 Å². The minimum absolute atomic E-state index is 0.0283. The minimum Gasteiger partial charge on any atom is -0.352 e. The maximum absolute atomic E-state index is 12.4. The Hall–Kier alpha value is -1.44. The van der Waals surface area contributed by atoms with Gasteiger partial charge in [-0.15, -0.1) is 0 Å². The van der Waals surface area contributed by atoms with E-state index in [1.165, 1.54) is 48.5 Å². The van der Waals surface area contributed by atoms with Crippen LogP contribution in [-0.2, 0) is 27.9 Å². The lowest BCUT2D eigenvalue weighted by Gasteiger charge is -2.29. The van der Waals surface area contributed by atoms with Gasteiger partial charge in [0.15, 0.2) is 0 Å². The zero-order valence-electron chi connectivity index (χ0n) is 16.2. The van der Waals surface area contributed by atoms with E-state index in [2.05, 4.69) is 34.5 Å². The molecule has 0 spiro atoms. The van der Waals surface area contributed by atoms with Crippen LogP contribution in [-0.4, -0.2) is 56.0 Å². The van der Waals surface area contributed by atoms with Crippen molar-refractivity contribution in [3.63, 3.8) is 0 Å². The highest BCUT2D eigenvalue weighted by Gasteiger charge is 2.28. The van der Waals surface area contributed by atoms with E-state index in [-0.39, 0.29) is 11.8 Å². The fourth-order valence-electron chi connectivity index (χ4n) is 3.92. The summed E-state index contributed by atoms with van der Waals surface area (Å²) in [6, 6.07) is 8.49. The lowest BCUT2D eigenvalue weighted by Crippen LogP contribution is -2.42. The summed E-state index contributed by atoms with van der Waals surface area (Å²) in [4.78, 5) is 14.9. The number of hydrogen-bond acceptors (Lipinski definition) is 4. The van der Waals surface area contributed by atoms with Crippen LogP contribution in [0.4, 0.5) is 0 Å². The molecule has 0 bridgehead atoms. The largest absolute Gasteiger partial charge is 0.352 e. The molecule has 2 aliphatic rings. The van der Waals surface area contributed by atoms with Gasteiger partial charge < -0.3 is 5.32 Å². The topological polar surface area (TPSA) is 69.7 Å². The Balaban J connectivity index is 1.42. The highest BCUT2D eigenvalue weighted by molar-refractivity contribution is 7.88. The van der Waals surface area contributed by atoms with Gasteiger partial charge in [-0.2, -0.15) is 0 Å². The molecule has 6 nitrogen and oxygen atoms in total. The Morgan fingerprint density at radius 1 is 1.00 bits per heavy atom. The number of likely N-dealkylation sites (tertiary alicyclic amines) is 1. The zero-order chi connectivity index (χ0) is 19.3. The van der Waals surface area contributed by atoms with Gasteiger partial charge in [0, 0.05) is 32.1 Å². The molecule has 1 amide bonds. The van der Waals surface area contributed by atoms with Crippen molar-refractivity contribution in [2.75, 3.05) is 32.4 Å². The second-order valence-electron chi connectivity index (χ2n) is 7.81. The van der Waals surface area contributed by atoms with Gasteiger partial charge in [-0.3, -0.25) is 9.69 Å². The van der Waals surface area contributed by atoms with Crippen LogP contribution in [0.1, 0.15) is 43.2 Å². The molecule has 3 rings (SSSR count). The number of hydrogen-bond donors (Lipinski definition) is 1. The Morgan fingerprint density at radius 3 is 2.19 bits per heavy atom. The second-order valence-corrected chi connectivity index (χ2v) is 9.79. The summed E-state index contributed by atoms with van der Waals surface area (Å²) in [5.41, 5.74) is 2.42. The lowest BCUT2D eigenvalue weighted by atomic mass is 9.97. The number of nitrogens with one attached hydrogen (secondary N) is 1. The third-order valence-corrected chi connectivity index (χ3v) is 6.94. The molecule has 0 aliphatic carbocycles. The molecular weight excluding hydrogens is 362 g/mol. The van der Waals surface area contributed by atoms with E-state index in [1.807, 2.05) is 0 Å². The Labute approximate surface area is 163 Å². The van der Waals surface area contributed by atoms with Gasteiger partial charge in [-0.25, -0.2) is 12.7 Å². The predicted octanol–water partition coefficient (Wildman–Crippen LogP) is 1.96. The maximum atomic E-state index is 12.4. The fourth-order valence-corrected chi connectivity index (χ4v) is 4.80. The summed E-state index contributed by atoms with van der Waals surface area (Å²) >= 11 is 0. The van der Waals surface area contributed by atoms with E-state index in [1.54, 1.807) is 0 Å². The summed E-state index contributed by atoms with van der Waals surface area (Å²) in [5, 5.41) is 3.01. The van der Waals surface area contributed by atoms with Gasteiger partial charge in [0.05, 0.1) is 6.26 Å². The Morgan fingerprint density at radius 2 is 1.59 bits per heavy atom. The highest BCUT2D eigenvalue weighted by atomic mass is 32.2. The average molecular weight is 394 g/mol. The van der Waals surface area contributed by atoms with Gasteiger partial charge in [0.2, 0.25) is 15.9 Å². The van der Waals surface area contributed by atoms with Crippen molar-refractivity contribution in [1.82, 2.24) is 14.5 Å². The van der Waals surface area contributed by atoms with Crippen molar-refractivity contribution in [2.45, 2.75) is 45.2 Å². The third kappa shape index (κ3) is 6.02. The van der Waals surface area contributed by atoms with Crippen molar-refractivity contribution in [1.29, 1.82) is 0 Å². The zero-order valence-corrected chi connectivity index (χ0v) is 17.0. The molecule has 0 atom stereocenters. The summed E-state index contributed by atoms with van der Waals surface area (Å²) in [5.74, 6) is -0.0677. The van der Waals surface area contributed by atoms with E-state index in [4.69, 9.17) is 0 Å². The van der Waals surface area contributed by atoms with Crippen LogP contribution >= 0.6 is 0 Å². The Bertz CT molecular complexity index is 719. The first-order chi connectivity index (χ1) is 12.9. The SMILES string of the molecule is CS(=O)(=O)N1CCC(C(=O)NCc2ccc(CN3CCCCC3)cc2)CC1. The van der Waals surface area contributed by atoms with Crippen LogP contribution in [0.15, 0.2) is 24.3 Å². The first kappa shape index (κ1) is 20.3. The van der Waals surface area contributed by atoms with Gasteiger partial charge >= 0.3 is 0 Å². The number of nitrogens with zero attached hydrogens (tertiary/aromatic N) is 2. The van der Waals surface area contributed by atoms with Crippen molar-refractivity contribution < 1.29 is 13.2 Å². The number of piperidine rings is 2. The Kier molecular flexibility index (Phi) is 6.89. The third-order valence-electron chi connectivity index (χ3n) is 5.64. The highest BCUT2D eigenvalue weighted by Crippen LogP contribution is 2.19. The minimum atomic E-state index is -3.15. The molecule has 0 aromatic heterocycles. The molecule has 2 fully saturated rings. The van der Waals surface area contributed by atoms with Crippen molar-refractivity contribution >= 4 is 15.9 Å². The van der Waals surface area contributed by atoms with E-state index in [0.29, 0.717) is 32.5 Å². The molecule has 2 aliphatic heterocycles. The van der Waals surface area contributed by atoms with Gasteiger partial charge in [-0.05, 0) is 49.9 Å². The molecule has 2 heterocycles. The molecule has 0 saturated carbocycles. The molecular formula is C20H31N3O3S. The lowest BCUT2D eigenvalue weighted by molar-refractivity contribution is -0.126. The van der Waals surface area contributed by atoms with E-state index >= 15 is 0 Å². The molecule has 7 heteroatoms. The molecule has 1 aromatic carbocycles. The summed E-state index contributed by atoms with van der Waals surface area (Å²) in [6.45, 7) is 4.77.